The Bertz CT molecular complexity index is 921. The van der Waals surface area contributed by atoms with E-state index in [2.05, 4.69) is 15.5 Å². The number of halogens is 1. The van der Waals surface area contributed by atoms with Gasteiger partial charge in [0.2, 0.25) is 0 Å². The normalized spacial score (nSPS) is 11.7. The van der Waals surface area contributed by atoms with Crippen molar-refractivity contribution in [2.24, 2.45) is 5.10 Å². The molecular weight excluding hydrogens is 334 g/mol. The summed E-state index contributed by atoms with van der Waals surface area (Å²) < 4.78 is 0.548. The zero-order valence-electron chi connectivity index (χ0n) is 12.1. The van der Waals surface area contributed by atoms with Crippen LogP contribution in [0.1, 0.15) is 22.2 Å². The van der Waals surface area contributed by atoms with Gasteiger partial charge in [0.15, 0.2) is 0 Å². The highest BCUT2D eigenvalue weighted by atomic mass is 35.5. The number of thiophene rings is 1. The third-order valence-electron chi connectivity index (χ3n) is 3.26. The van der Waals surface area contributed by atoms with Crippen LogP contribution in [-0.2, 0) is 0 Å². The van der Waals surface area contributed by atoms with Crippen molar-refractivity contribution in [3.63, 3.8) is 0 Å². The fourth-order valence-electron chi connectivity index (χ4n) is 2.16. The number of nitrogens with zero attached hydrogens (tertiary/aromatic N) is 2. The van der Waals surface area contributed by atoms with Gasteiger partial charge in [-0.25, -0.2) is 5.43 Å². The highest BCUT2D eigenvalue weighted by Crippen LogP contribution is 2.26. The average Bonchev–Trinajstić information content (AvgIpc) is 2.99. The van der Waals surface area contributed by atoms with E-state index in [9.17, 15) is 9.90 Å². The fourth-order valence-corrected chi connectivity index (χ4v) is 3.09. The van der Waals surface area contributed by atoms with Crippen molar-refractivity contribution in [1.82, 2.24) is 10.4 Å². The SMILES string of the molecule is C/C(=N\NC(=O)c1ccc(Cl)s1)c1ccc(O)c2ncccc12. The topological polar surface area (TPSA) is 74.6 Å². The fraction of sp³-hybridized carbons (Fsp3) is 0.0625. The number of aromatic hydroxyl groups is 1. The molecule has 0 aliphatic heterocycles. The molecule has 2 aromatic heterocycles. The summed E-state index contributed by atoms with van der Waals surface area (Å²) in [5.41, 5.74) is 4.40. The largest absolute Gasteiger partial charge is 0.506 e. The summed E-state index contributed by atoms with van der Waals surface area (Å²) in [6.07, 6.45) is 1.61. The third-order valence-corrected chi connectivity index (χ3v) is 4.49. The highest BCUT2D eigenvalue weighted by Gasteiger charge is 2.10. The van der Waals surface area contributed by atoms with Crippen LogP contribution in [0.4, 0.5) is 0 Å². The average molecular weight is 346 g/mol. The number of hydrogen-bond donors (Lipinski definition) is 2. The van der Waals surface area contributed by atoms with E-state index in [-0.39, 0.29) is 11.7 Å². The van der Waals surface area contributed by atoms with E-state index in [1.165, 1.54) is 11.3 Å². The van der Waals surface area contributed by atoms with Gasteiger partial charge < -0.3 is 5.11 Å². The number of pyridine rings is 1. The Kier molecular flexibility index (Phi) is 4.27. The van der Waals surface area contributed by atoms with Gasteiger partial charge in [-0.05, 0) is 37.3 Å². The van der Waals surface area contributed by atoms with Crippen LogP contribution in [0.3, 0.4) is 0 Å². The Morgan fingerprint density at radius 1 is 1.30 bits per heavy atom. The monoisotopic (exact) mass is 345 g/mol. The van der Waals surface area contributed by atoms with E-state index in [0.717, 1.165) is 10.9 Å². The zero-order valence-corrected chi connectivity index (χ0v) is 13.6. The van der Waals surface area contributed by atoms with E-state index < -0.39 is 0 Å². The van der Waals surface area contributed by atoms with Crippen molar-refractivity contribution in [1.29, 1.82) is 0 Å². The van der Waals surface area contributed by atoms with Gasteiger partial charge in [0.05, 0.1) is 14.9 Å². The number of hydrogen-bond acceptors (Lipinski definition) is 5. The number of hydrazone groups is 1. The Labute approximate surface area is 141 Å². The summed E-state index contributed by atoms with van der Waals surface area (Å²) in [5.74, 6) is -0.211. The van der Waals surface area contributed by atoms with Crippen LogP contribution in [0.15, 0.2) is 47.7 Å². The molecule has 23 heavy (non-hydrogen) atoms. The third kappa shape index (κ3) is 3.18. The molecule has 0 aliphatic carbocycles. The molecule has 0 spiro atoms. The van der Waals surface area contributed by atoms with Gasteiger partial charge in [-0.1, -0.05) is 17.7 Å². The number of fused-ring (bicyclic) bond motifs is 1. The molecule has 5 nitrogen and oxygen atoms in total. The summed E-state index contributed by atoms with van der Waals surface area (Å²) in [6.45, 7) is 1.78. The first-order valence-corrected chi connectivity index (χ1v) is 7.93. The number of phenolic OH excluding ortho intramolecular Hbond substituents is 1. The summed E-state index contributed by atoms with van der Waals surface area (Å²) in [7, 11) is 0. The van der Waals surface area contributed by atoms with E-state index in [1.807, 2.05) is 6.07 Å². The van der Waals surface area contributed by atoms with Gasteiger partial charge in [0, 0.05) is 17.1 Å². The molecular formula is C16H12ClN3O2S. The summed E-state index contributed by atoms with van der Waals surface area (Å²) in [5, 5.41) is 14.8. The van der Waals surface area contributed by atoms with E-state index in [1.54, 1.807) is 43.5 Å². The smallest absolute Gasteiger partial charge is 0.281 e. The van der Waals surface area contributed by atoms with E-state index >= 15 is 0 Å². The standard InChI is InChI=1S/C16H12ClN3O2S/c1-9(19-20-16(22)13-6-7-14(17)23-13)10-4-5-12(21)15-11(10)3-2-8-18-15/h2-8,21H,1H3,(H,20,22)/b19-9+. The molecule has 0 radical (unpaired) electrons. The molecule has 0 unspecified atom stereocenters. The van der Waals surface area contributed by atoms with E-state index in [4.69, 9.17) is 11.6 Å². The first-order chi connectivity index (χ1) is 11.1. The molecule has 0 saturated carbocycles. The number of phenols is 1. The lowest BCUT2D eigenvalue weighted by Gasteiger charge is -2.07. The molecule has 2 N–H and O–H groups in total. The second kappa shape index (κ2) is 6.36. The maximum atomic E-state index is 12.0. The number of carbonyl (C=O) groups excluding carboxylic acids is 1. The van der Waals surface area contributed by atoms with Crippen molar-refractivity contribution in [2.45, 2.75) is 6.92 Å². The Balaban J connectivity index is 1.90. The predicted octanol–water partition coefficient (Wildman–Crippen LogP) is 3.81. The number of aromatic nitrogens is 1. The zero-order chi connectivity index (χ0) is 16.4. The van der Waals surface area contributed by atoms with Gasteiger partial charge in [0.25, 0.3) is 5.91 Å². The molecule has 0 fully saturated rings. The van der Waals surface area contributed by atoms with Crippen LogP contribution >= 0.6 is 22.9 Å². The van der Waals surface area contributed by atoms with Crippen LogP contribution in [0.5, 0.6) is 5.75 Å². The Morgan fingerprint density at radius 3 is 2.87 bits per heavy atom. The second-order valence-electron chi connectivity index (χ2n) is 4.77. The lowest BCUT2D eigenvalue weighted by molar-refractivity contribution is 0.0959. The highest BCUT2D eigenvalue weighted by molar-refractivity contribution is 7.17. The molecule has 0 aliphatic rings. The molecule has 3 aromatic rings. The first-order valence-electron chi connectivity index (χ1n) is 6.73. The maximum Gasteiger partial charge on any atom is 0.281 e. The molecule has 1 amide bonds. The van der Waals surface area contributed by atoms with Crippen molar-refractivity contribution >= 4 is 45.5 Å². The molecule has 0 saturated heterocycles. The summed E-state index contributed by atoms with van der Waals surface area (Å²) in [4.78, 5) is 16.6. The van der Waals surface area contributed by atoms with Crippen LogP contribution < -0.4 is 5.43 Å². The van der Waals surface area contributed by atoms with Gasteiger partial charge in [-0.15, -0.1) is 11.3 Å². The minimum absolute atomic E-state index is 0.106. The minimum Gasteiger partial charge on any atom is -0.506 e. The number of carbonyl (C=O) groups is 1. The number of benzene rings is 1. The van der Waals surface area contributed by atoms with Crippen molar-refractivity contribution in [2.75, 3.05) is 0 Å². The van der Waals surface area contributed by atoms with Crippen LogP contribution in [0.2, 0.25) is 4.34 Å². The van der Waals surface area contributed by atoms with Crippen molar-refractivity contribution < 1.29 is 9.90 Å². The quantitative estimate of drug-likeness (QED) is 0.560. The van der Waals surface area contributed by atoms with Crippen LogP contribution in [0, 0.1) is 0 Å². The van der Waals surface area contributed by atoms with Gasteiger partial charge in [-0.3, -0.25) is 9.78 Å². The minimum atomic E-state index is -0.317. The predicted molar refractivity (Wildman–Crippen MR) is 92.4 cm³/mol. The maximum absolute atomic E-state index is 12.0. The molecule has 116 valence electrons. The van der Waals surface area contributed by atoms with Crippen LogP contribution in [-0.4, -0.2) is 21.7 Å². The molecule has 0 bridgehead atoms. The molecule has 1 aromatic carbocycles. The molecule has 2 heterocycles. The number of rotatable bonds is 3. The van der Waals surface area contributed by atoms with Crippen LogP contribution in [0.25, 0.3) is 10.9 Å². The Morgan fingerprint density at radius 2 is 2.13 bits per heavy atom. The first kappa shape index (κ1) is 15.5. The lowest BCUT2D eigenvalue weighted by atomic mass is 10.0. The van der Waals surface area contributed by atoms with Gasteiger partial charge in [-0.2, -0.15) is 5.10 Å². The van der Waals surface area contributed by atoms with Gasteiger partial charge >= 0.3 is 0 Å². The lowest BCUT2D eigenvalue weighted by Crippen LogP contribution is -2.18. The van der Waals surface area contributed by atoms with E-state index in [0.29, 0.717) is 20.4 Å². The number of amides is 1. The second-order valence-corrected chi connectivity index (χ2v) is 6.49. The molecule has 0 atom stereocenters. The van der Waals surface area contributed by atoms with Gasteiger partial charge in [0.1, 0.15) is 11.3 Å². The van der Waals surface area contributed by atoms with Crippen molar-refractivity contribution in [3.8, 4) is 5.75 Å². The number of nitrogens with one attached hydrogen (secondary N) is 1. The molecule has 3 rings (SSSR count). The molecule has 7 heteroatoms. The summed E-state index contributed by atoms with van der Waals surface area (Å²) in [6, 6.07) is 10.2. The summed E-state index contributed by atoms with van der Waals surface area (Å²) >= 11 is 7.00. The Hall–Kier alpha value is -2.44. The van der Waals surface area contributed by atoms with Crippen molar-refractivity contribution in [3.05, 3.63) is 57.4 Å².